The first-order chi connectivity index (χ1) is 13.4. The minimum Gasteiger partial charge on any atom is -0.495 e. The van der Waals surface area contributed by atoms with Gasteiger partial charge in [-0.2, -0.15) is 0 Å². The molecule has 28 heavy (non-hydrogen) atoms. The van der Waals surface area contributed by atoms with Crippen molar-refractivity contribution < 1.29 is 18.7 Å². The van der Waals surface area contributed by atoms with Gasteiger partial charge >= 0.3 is 6.03 Å². The number of benzene rings is 2. The molecule has 5 N–H and O–H groups in total. The highest BCUT2D eigenvalue weighted by Gasteiger charge is 2.20. The summed E-state index contributed by atoms with van der Waals surface area (Å²) in [5.41, 5.74) is 7.51. The van der Waals surface area contributed by atoms with Crippen LogP contribution in [0.15, 0.2) is 42.5 Å². The highest BCUT2D eigenvalue weighted by Crippen LogP contribution is 2.24. The molecule has 0 radical (unpaired) electrons. The first-order valence-corrected chi connectivity index (χ1v) is 8.96. The number of urea groups is 1. The number of hydrogen-bond donors (Lipinski definition) is 4. The molecule has 8 heteroatoms. The predicted octanol–water partition coefficient (Wildman–Crippen LogP) is 3.02. The summed E-state index contributed by atoms with van der Waals surface area (Å²) in [6.45, 7) is 2.14. The smallest absolute Gasteiger partial charge is 0.315 e. The van der Waals surface area contributed by atoms with Crippen LogP contribution in [0.2, 0.25) is 0 Å². The molecule has 2 rings (SSSR count). The minimum atomic E-state index is -0.707. The molecule has 0 bridgehead atoms. The van der Waals surface area contributed by atoms with E-state index < -0.39 is 12.1 Å². The summed E-state index contributed by atoms with van der Waals surface area (Å²) in [7, 11) is 1.51. The van der Waals surface area contributed by atoms with Gasteiger partial charge in [0, 0.05) is 12.2 Å². The van der Waals surface area contributed by atoms with Crippen LogP contribution in [0.1, 0.15) is 25.3 Å². The number of ether oxygens (including phenoxy) is 1. The van der Waals surface area contributed by atoms with E-state index in [1.54, 1.807) is 30.3 Å². The van der Waals surface area contributed by atoms with Crippen LogP contribution in [0.3, 0.4) is 0 Å². The number of carbonyl (C=O) groups is 2. The number of methoxy groups -OCH3 is 1. The topological polar surface area (TPSA) is 105 Å². The van der Waals surface area contributed by atoms with Gasteiger partial charge in [0.15, 0.2) is 0 Å². The number of nitrogens with one attached hydrogen (secondary N) is 3. The highest BCUT2D eigenvalue weighted by atomic mass is 19.1. The largest absolute Gasteiger partial charge is 0.495 e. The zero-order chi connectivity index (χ0) is 20.5. The first-order valence-electron chi connectivity index (χ1n) is 8.96. The molecular formula is C20H25FN4O3. The number of amides is 3. The van der Waals surface area contributed by atoms with E-state index in [0.29, 0.717) is 30.0 Å². The molecule has 2 aromatic rings. The zero-order valence-electron chi connectivity index (χ0n) is 15.9. The van der Waals surface area contributed by atoms with Gasteiger partial charge in [-0.05, 0) is 42.3 Å². The zero-order valence-corrected chi connectivity index (χ0v) is 15.9. The summed E-state index contributed by atoms with van der Waals surface area (Å²) in [4.78, 5) is 24.7. The Bertz CT molecular complexity index is 812. The van der Waals surface area contributed by atoms with Gasteiger partial charge in [-0.3, -0.25) is 4.79 Å². The molecule has 2 aromatic carbocycles. The van der Waals surface area contributed by atoms with Crippen molar-refractivity contribution in [3.8, 4) is 5.75 Å². The second-order valence-electron chi connectivity index (χ2n) is 6.24. The molecule has 0 aliphatic heterocycles. The fourth-order valence-electron chi connectivity index (χ4n) is 2.59. The van der Waals surface area contributed by atoms with Gasteiger partial charge < -0.3 is 26.4 Å². The molecule has 0 aliphatic carbocycles. The van der Waals surface area contributed by atoms with Crippen molar-refractivity contribution in [2.24, 2.45) is 0 Å². The molecule has 0 fully saturated rings. The average molecular weight is 388 g/mol. The van der Waals surface area contributed by atoms with E-state index in [2.05, 4.69) is 16.0 Å². The number of hydrogen-bond acceptors (Lipinski definition) is 4. The first kappa shape index (κ1) is 21.0. The van der Waals surface area contributed by atoms with Crippen LogP contribution in [-0.4, -0.2) is 25.1 Å². The number of nitrogens with two attached hydrogens (primary N) is 1. The minimum absolute atomic E-state index is 0.224. The number of halogens is 1. The summed E-state index contributed by atoms with van der Waals surface area (Å²) >= 11 is 0. The van der Waals surface area contributed by atoms with Crippen LogP contribution < -0.4 is 26.4 Å². The third-order valence-corrected chi connectivity index (χ3v) is 4.06. The summed E-state index contributed by atoms with van der Waals surface area (Å²) in [5.74, 6) is -0.170. The molecule has 1 unspecified atom stereocenters. The average Bonchev–Trinajstić information content (AvgIpc) is 2.67. The molecule has 3 amide bonds. The van der Waals surface area contributed by atoms with Gasteiger partial charge in [-0.15, -0.1) is 0 Å². The summed E-state index contributed by atoms with van der Waals surface area (Å²) in [6, 6.07) is 9.54. The third-order valence-electron chi connectivity index (χ3n) is 4.06. The van der Waals surface area contributed by atoms with E-state index in [-0.39, 0.29) is 18.3 Å². The van der Waals surface area contributed by atoms with Crippen LogP contribution in [0.5, 0.6) is 5.75 Å². The van der Waals surface area contributed by atoms with E-state index in [4.69, 9.17) is 10.5 Å². The number of nitrogen functional groups attached to an aromatic ring is 1. The van der Waals surface area contributed by atoms with E-state index in [0.717, 1.165) is 5.56 Å². The fraction of sp³-hybridized carbons (Fsp3) is 0.300. The molecule has 0 aliphatic rings. The Balaban J connectivity index is 1.93. The highest BCUT2D eigenvalue weighted by molar-refractivity contribution is 5.97. The lowest BCUT2D eigenvalue weighted by atomic mass is 10.1. The summed E-state index contributed by atoms with van der Waals surface area (Å²) in [5, 5.41) is 8.07. The van der Waals surface area contributed by atoms with Gasteiger partial charge in [0.05, 0.1) is 12.8 Å². The van der Waals surface area contributed by atoms with Crippen LogP contribution in [-0.2, 0) is 11.3 Å². The Morgan fingerprint density at radius 3 is 2.50 bits per heavy atom. The standard InChI is InChI=1S/C20H25FN4O3/c1-3-4-17(19(26)24-15-9-10-18(28-2)16(22)11-15)25-20(27)23-12-13-5-7-14(21)8-6-13/h5-11,17H,3-4,12,22H2,1-2H3,(H,24,26)(H2,23,25,27). The van der Waals surface area contributed by atoms with Crippen LogP contribution in [0.4, 0.5) is 20.6 Å². The number of carbonyl (C=O) groups excluding carboxylic acids is 2. The molecular weight excluding hydrogens is 363 g/mol. The van der Waals surface area contributed by atoms with Crippen molar-refractivity contribution in [3.05, 3.63) is 53.8 Å². The quantitative estimate of drug-likeness (QED) is 0.522. The van der Waals surface area contributed by atoms with Crippen LogP contribution in [0, 0.1) is 5.82 Å². The Labute approximate surface area is 163 Å². The van der Waals surface area contributed by atoms with E-state index in [1.807, 2.05) is 6.92 Å². The second-order valence-corrected chi connectivity index (χ2v) is 6.24. The van der Waals surface area contributed by atoms with Crippen molar-refractivity contribution in [3.63, 3.8) is 0 Å². The van der Waals surface area contributed by atoms with Crippen LogP contribution in [0.25, 0.3) is 0 Å². The van der Waals surface area contributed by atoms with Crippen molar-refractivity contribution >= 4 is 23.3 Å². The lowest BCUT2D eigenvalue weighted by Gasteiger charge is -2.18. The van der Waals surface area contributed by atoms with E-state index in [1.165, 1.54) is 19.2 Å². The molecule has 0 heterocycles. The molecule has 150 valence electrons. The molecule has 0 spiro atoms. The van der Waals surface area contributed by atoms with Gasteiger partial charge in [0.2, 0.25) is 5.91 Å². The van der Waals surface area contributed by atoms with Gasteiger partial charge in [-0.1, -0.05) is 25.5 Å². The number of rotatable bonds is 8. The fourth-order valence-corrected chi connectivity index (χ4v) is 2.59. The third kappa shape index (κ3) is 6.15. The van der Waals surface area contributed by atoms with Gasteiger partial charge in [-0.25, -0.2) is 9.18 Å². The lowest BCUT2D eigenvalue weighted by Crippen LogP contribution is -2.47. The maximum absolute atomic E-state index is 12.9. The van der Waals surface area contributed by atoms with E-state index in [9.17, 15) is 14.0 Å². The molecule has 0 aromatic heterocycles. The molecule has 0 saturated carbocycles. The van der Waals surface area contributed by atoms with E-state index >= 15 is 0 Å². The van der Waals surface area contributed by atoms with Crippen molar-refractivity contribution in [1.29, 1.82) is 0 Å². The lowest BCUT2D eigenvalue weighted by molar-refractivity contribution is -0.118. The van der Waals surface area contributed by atoms with Crippen molar-refractivity contribution in [2.45, 2.75) is 32.4 Å². The van der Waals surface area contributed by atoms with Crippen molar-refractivity contribution in [1.82, 2.24) is 10.6 Å². The number of anilines is 2. The maximum atomic E-state index is 12.9. The Morgan fingerprint density at radius 2 is 1.89 bits per heavy atom. The molecule has 7 nitrogen and oxygen atoms in total. The SMILES string of the molecule is CCCC(NC(=O)NCc1ccc(F)cc1)C(=O)Nc1ccc(OC)c(N)c1. The summed E-state index contributed by atoms with van der Waals surface area (Å²) in [6.07, 6.45) is 1.18. The monoisotopic (exact) mass is 388 g/mol. The van der Waals surface area contributed by atoms with Crippen LogP contribution >= 0.6 is 0 Å². The van der Waals surface area contributed by atoms with Crippen molar-refractivity contribution in [2.75, 3.05) is 18.2 Å². The Kier molecular flexibility index (Phi) is 7.62. The normalized spacial score (nSPS) is 11.4. The Morgan fingerprint density at radius 1 is 1.18 bits per heavy atom. The molecule has 1 atom stereocenters. The predicted molar refractivity (Wildman–Crippen MR) is 107 cm³/mol. The Hall–Kier alpha value is -3.29. The summed E-state index contributed by atoms with van der Waals surface area (Å²) < 4.78 is 18.0. The maximum Gasteiger partial charge on any atom is 0.315 e. The molecule has 0 saturated heterocycles. The van der Waals surface area contributed by atoms with Gasteiger partial charge in [0.1, 0.15) is 17.6 Å². The second kappa shape index (κ2) is 10.1. The van der Waals surface area contributed by atoms with Gasteiger partial charge in [0.25, 0.3) is 0 Å².